The van der Waals surface area contributed by atoms with Gasteiger partial charge in [0.05, 0.1) is 10.2 Å². The lowest BCUT2D eigenvalue weighted by molar-refractivity contribution is -0.118. The lowest BCUT2D eigenvalue weighted by atomic mass is 9.80. The van der Waals surface area contributed by atoms with E-state index < -0.39 is 0 Å². The minimum Gasteiger partial charge on any atom is -0.483 e. The summed E-state index contributed by atoms with van der Waals surface area (Å²) in [6, 6.07) is 11.7. The largest absolute Gasteiger partial charge is 0.483 e. The number of carbonyl (C=O) groups is 1. The van der Waals surface area contributed by atoms with E-state index in [1.165, 1.54) is 16.9 Å². The number of anilines is 1. The van der Waals surface area contributed by atoms with E-state index in [1.807, 2.05) is 18.2 Å². The van der Waals surface area contributed by atoms with Crippen molar-refractivity contribution in [3.05, 3.63) is 52.5 Å². The quantitative estimate of drug-likeness (QED) is 0.509. The maximum absolute atomic E-state index is 12.4. The van der Waals surface area contributed by atoms with Crippen molar-refractivity contribution in [3.63, 3.8) is 0 Å². The van der Waals surface area contributed by atoms with Crippen LogP contribution in [0.3, 0.4) is 0 Å². The molecule has 1 N–H and O–H groups in total. The van der Waals surface area contributed by atoms with E-state index in [2.05, 4.69) is 64.0 Å². The highest BCUT2D eigenvalue weighted by molar-refractivity contribution is 7.22. The number of hydrogen-bond donors (Lipinski definition) is 1. The van der Waals surface area contributed by atoms with Crippen LogP contribution in [0.2, 0.25) is 5.02 Å². The molecule has 1 heterocycles. The van der Waals surface area contributed by atoms with Gasteiger partial charge < -0.3 is 4.74 Å². The number of thiazole rings is 1. The van der Waals surface area contributed by atoms with Gasteiger partial charge in [-0.15, -0.1) is 0 Å². The molecule has 0 bridgehead atoms. The van der Waals surface area contributed by atoms with E-state index in [9.17, 15) is 4.79 Å². The number of hydrogen-bond acceptors (Lipinski definition) is 4. The van der Waals surface area contributed by atoms with Gasteiger partial charge in [0.2, 0.25) is 0 Å². The maximum atomic E-state index is 12.4. The molecular weight excluding hydrogens is 404 g/mol. The molecule has 3 aromatic rings. The highest BCUT2D eigenvalue weighted by Gasteiger charge is 2.23. The maximum Gasteiger partial charge on any atom is 0.264 e. The summed E-state index contributed by atoms with van der Waals surface area (Å²) >= 11 is 7.40. The van der Waals surface area contributed by atoms with Crippen LogP contribution in [0.15, 0.2) is 36.4 Å². The van der Waals surface area contributed by atoms with Crippen LogP contribution in [-0.2, 0) is 15.6 Å². The van der Waals surface area contributed by atoms with Crippen molar-refractivity contribution in [3.8, 4) is 5.75 Å². The summed E-state index contributed by atoms with van der Waals surface area (Å²) in [5.74, 6) is 0.492. The topological polar surface area (TPSA) is 51.2 Å². The number of nitrogens with zero attached hydrogens (tertiary/aromatic N) is 1. The molecule has 0 fully saturated rings. The van der Waals surface area contributed by atoms with E-state index in [1.54, 1.807) is 6.07 Å². The molecule has 0 radical (unpaired) electrons. The molecule has 3 rings (SSSR count). The number of rotatable bonds is 4. The number of halogens is 1. The fourth-order valence-electron chi connectivity index (χ4n) is 2.96. The molecule has 6 heteroatoms. The highest BCUT2D eigenvalue weighted by atomic mass is 35.5. The van der Waals surface area contributed by atoms with Gasteiger partial charge in [0.1, 0.15) is 5.75 Å². The average Bonchev–Trinajstić information content (AvgIpc) is 2.99. The van der Waals surface area contributed by atoms with Crippen molar-refractivity contribution >= 4 is 44.2 Å². The van der Waals surface area contributed by atoms with Gasteiger partial charge >= 0.3 is 0 Å². The van der Waals surface area contributed by atoms with Crippen molar-refractivity contribution < 1.29 is 9.53 Å². The van der Waals surface area contributed by atoms with E-state index in [0.29, 0.717) is 10.2 Å². The molecule has 154 valence electrons. The Bertz CT molecular complexity index is 1050. The molecule has 0 saturated carbocycles. The van der Waals surface area contributed by atoms with E-state index >= 15 is 0 Å². The standard InChI is InChI=1S/C23H27ClN2O2S/c1-22(2,3)14-7-10-18(16(11-14)23(4,5)6)28-13-20(27)26-21-25-17-9-8-15(24)12-19(17)29-21/h7-12H,13H2,1-6H3,(H,25,26,27). The second-order valence-corrected chi connectivity index (χ2v) is 10.6. The molecule has 1 aromatic heterocycles. The van der Waals surface area contributed by atoms with E-state index in [4.69, 9.17) is 16.3 Å². The van der Waals surface area contributed by atoms with Crippen molar-refractivity contribution in [2.75, 3.05) is 11.9 Å². The number of carbonyl (C=O) groups excluding carboxylic acids is 1. The molecule has 0 spiro atoms. The molecule has 0 aliphatic carbocycles. The van der Waals surface area contributed by atoms with Crippen LogP contribution in [0, 0.1) is 0 Å². The van der Waals surface area contributed by atoms with Gasteiger partial charge in [0.15, 0.2) is 11.7 Å². The van der Waals surface area contributed by atoms with Gasteiger partial charge in [-0.05, 0) is 46.2 Å². The minimum absolute atomic E-state index is 0.0473. The third kappa shape index (κ3) is 5.28. The zero-order chi connectivity index (χ0) is 21.4. The Labute approximate surface area is 181 Å². The van der Waals surface area contributed by atoms with Crippen molar-refractivity contribution in [1.29, 1.82) is 0 Å². The first-order chi connectivity index (χ1) is 13.4. The minimum atomic E-state index is -0.241. The summed E-state index contributed by atoms with van der Waals surface area (Å²) in [6.07, 6.45) is 0. The molecule has 2 aromatic carbocycles. The van der Waals surface area contributed by atoms with Gasteiger partial charge in [-0.3, -0.25) is 10.1 Å². The molecule has 0 saturated heterocycles. The Morgan fingerprint density at radius 3 is 2.45 bits per heavy atom. The number of amides is 1. The zero-order valence-corrected chi connectivity index (χ0v) is 19.3. The van der Waals surface area contributed by atoms with Gasteiger partial charge in [-0.25, -0.2) is 4.98 Å². The summed E-state index contributed by atoms with van der Waals surface area (Å²) in [7, 11) is 0. The Morgan fingerprint density at radius 2 is 1.79 bits per heavy atom. The molecule has 0 unspecified atom stereocenters. The summed E-state index contributed by atoms with van der Waals surface area (Å²) < 4.78 is 6.83. The van der Waals surface area contributed by atoms with Crippen LogP contribution < -0.4 is 10.1 Å². The lowest BCUT2D eigenvalue weighted by Crippen LogP contribution is -2.22. The van der Waals surface area contributed by atoms with Gasteiger partial charge in [0, 0.05) is 5.02 Å². The first-order valence-electron chi connectivity index (χ1n) is 9.57. The Kier molecular flexibility index (Phi) is 5.93. The fraction of sp³-hybridized carbons (Fsp3) is 0.391. The number of nitrogens with one attached hydrogen (secondary N) is 1. The van der Waals surface area contributed by atoms with Gasteiger partial charge in [0.25, 0.3) is 5.91 Å². The van der Waals surface area contributed by atoms with Crippen molar-refractivity contribution in [1.82, 2.24) is 4.98 Å². The second-order valence-electron chi connectivity index (χ2n) is 9.18. The molecule has 1 amide bonds. The molecule has 0 aliphatic rings. The molecule has 4 nitrogen and oxygen atoms in total. The number of fused-ring (bicyclic) bond motifs is 1. The lowest BCUT2D eigenvalue weighted by Gasteiger charge is -2.27. The molecule has 0 aliphatic heterocycles. The van der Waals surface area contributed by atoms with Gasteiger partial charge in [-0.1, -0.05) is 76.6 Å². The fourth-order valence-corrected chi connectivity index (χ4v) is 4.12. The van der Waals surface area contributed by atoms with E-state index in [0.717, 1.165) is 21.5 Å². The van der Waals surface area contributed by atoms with Crippen LogP contribution in [-0.4, -0.2) is 17.5 Å². The second kappa shape index (κ2) is 7.96. The zero-order valence-electron chi connectivity index (χ0n) is 17.7. The first-order valence-corrected chi connectivity index (χ1v) is 10.8. The van der Waals surface area contributed by atoms with Crippen LogP contribution in [0.1, 0.15) is 52.7 Å². The summed E-state index contributed by atoms with van der Waals surface area (Å²) in [6.45, 7) is 12.9. The smallest absolute Gasteiger partial charge is 0.264 e. The highest BCUT2D eigenvalue weighted by Crippen LogP contribution is 2.35. The van der Waals surface area contributed by atoms with Crippen LogP contribution in [0.5, 0.6) is 5.75 Å². The van der Waals surface area contributed by atoms with Crippen molar-refractivity contribution in [2.45, 2.75) is 52.4 Å². The van der Waals surface area contributed by atoms with Gasteiger partial charge in [-0.2, -0.15) is 0 Å². The Balaban J connectivity index is 1.73. The molecule has 0 atom stereocenters. The molecule has 29 heavy (non-hydrogen) atoms. The summed E-state index contributed by atoms with van der Waals surface area (Å²) in [5, 5.41) is 4.00. The number of benzene rings is 2. The first kappa shape index (κ1) is 21.6. The monoisotopic (exact) mass is 430 g/mol. The van der Waals surface area contributed by atoms with Crippen LogP contribution in [0.25, 0.3) is 10.2 Å². The average molecular weight is 431 g/mol. The molecular formula is C23H27ClN2O2S. The Morgan fingerprint density at radius 1 is 1.07 bits per heavy atom. The number of ether oxygens (including phenoxy) is 1. The predicted octanol–water partition coefficient (Wildman–Crippen LogP) is 6.56. The third-order valence-corrected chi connectivity index (χ3v) is 5.78. The van der Waals surface area contributed by atoms with E-state index in [-0.39, 0.29) is 23.3 Å². The Hall–Kier alpha value is -2.11. The van der Waals surface area contributed by atoms with Crippen LogP contribution >= 0.6 is 22.9 Å². The third-order valence-electron chi connectivity index (χ3n) is 4.61. The summed E-state index contributed by atoms with van der Waals surface area (Å²) in [5.41, 5.74) is 3.09. The summed E-state index contributed by atoms with van der Waals surface area (Å²) in [4.78, 5) is 16.8. The van der Waals surface area contributed by atoms with Crippen LogP contribution in [0.4, 0.5) is 5.13 Å². The number of aromatic nitrogens is 1. The SMILES string of the molecule is CC(C)(C)c1ccc(OCC(=O)Nc2nc3ccc(Cl)cc3s2)c(C(C)(C)C)c1. The predicted molar refractivity (Wildman–Crippen MR) is 123 cm³/mol. The normalized spacial score (nSPS) is 12.2. The van der Waals surface area contributed by atoms with Crippen molar-refractivity contribution in [2.24, 2.45) is 0 Å².